The molecule has 2 aliphatic rings. The number of aliphatic hydroxyl groups excluding tert-OH is 1. The van der Waals surface area contributed by atoms with Crippen molar-refractivity contribution in [2.45, 2.75) is 50.6 Å². The van der Waals surface area contributed by atoms with Crippen molar-refractivity contribution in [3.05, 3.63) is 23.7 Å². The maximum absolute atomic E-state index is 9.82. The van der Waals surface area contributed by atoms with Crippen LogP contribution in [0.5, 0.6) is 0 Å². The Hall–Kier alpha value is -0.200. The van der Waals surface area contributed by atoms with Gasteiger partial charge in [-0.1, -0.05) is 28.6 Å². The Bertz CT molecular complexity index is 368. The van der Waals surface area contributed by atoms with Crippen molar-refractivity contribution in [3.63, 3.8) is 0 Å². The van der Waals surface area contributed by atoms with Gasteiger partial charge in [0.2, 0.25) is 0 Å². The second kappa shape index (κ2) is 9.18. The van der Waals surface area contributed by atoms with Crippen LogP contribution in [0.25, 0.3) is 0 Å². The van der Waals surface area contributed by atoms with Gasteiger partial charge in [0.25, 0.3) is 0 Å². The molecule has 0 spiro atoms. The standard InChI is InChI=1S/C17H27BrO4/c1-3-6-13-14(10-19)16(9-15(13)21-11-12(2)18)22-17-7-4-5-8-20-17/h3,13-17,19H,1-2,4-11H2/t13-,14-,15+,16-,17?/m1/s1. The Kier molecular flexibility index (Phi) is 7.57. The average molecular weight is 375 g/mol. The van der Waals surface area contributed by atoms with Crippen molar-refractivity contribution in [1.82, 2.24) is 0 Å². The van der Waals surface area contributed by atoms with Gasteiger partial charge in [-0.3, -0.25) is 0 Å². The molecule has 1 unspecified atom stereocenters. The summed E-state index contributed by atoms with van der Waals surface area (Å²) in [6, 6.07) is 0. The maximum atomic E-state index is 9.82. The summed E-state index contributed by atoms with van der Waals surface area (Å²) in [5.41, 5.74) is 0. The van der Waals surface area contributed by atoms with E-state index >= 15 is 0 Å². The van der Waals surface area contributed by atoms with Crippen molar-refractivity contribution in [2.75, 3.05) is 19.8 Å². The largest absolute Gasteiger partial charge is 0.396 e. The number of allylic oxidation sites excluding steroid dienone is 1. The lowest BCUT2D eigenvalue weighted by Gasteiger charge is -2.29. The fraction of sp³-hybridized carbons (Fsp3) is 0.765. The molecular formula is C17H27BrO4. The Morgan fingerprint density at radius 1 is 1.32 bits per heavy atom. The van der Waals surface area contributed by atoms with E-state index in [1.54, 1.807) is 0 Å². The van der Waals surface area contributed by atoms with Gasteiger partial charge in [-0.25, -0.2) is 0 Å². The number of aliphatic hydroxyl groups is 1. The maximum Gasteiger partial charge on any atom is 0.157 e. The topological polar surface area (TPSA) is 47.9 Å². The lowest BCUT2D eigenvalue weighted by molar-refractivity contribution is -0.198. The summed E-state index contributed by atoms with van der Waals surface area (Å²) in [6.07, 6.45) is 6.57. The Balaban J connectivity index is 1.98. The van der Waals surface area contributed by atoms with Crippen LogP contribution < -0.4 is 0 Å². The lowest BCUT2D eigenvalue weighted by Crippen LogP contribution is -2.33. The quantitative estimate of drug-likeness (QED) is 0.661. The molecule has 1 saturated carbocycles. The molecule has 1 aliphatic heterocycles. The second-order valence-corrected chi connectivity index (χ2v) is 7.23. The molecule has 0 aromatic rings. The molecule has 1 heterocycles. The molecule has 126 valence electrons. The summed E-state index contributed by atoms with van der Waals surface area (Å²) >= 11 is 3.33. The van der Waals surface area contributed by atoms with Gasteiger partial charge in [0.1, 0.15) is 0 Å². The van der Waals surface area contributed by atoms with Crippen molar-refractivity contribution in [2.24, 2.45) is 11.8 Å². The van der Waals surface area contributed by atoms with Crippen LogP contribution in [0.1, 0.15) is 32.1 Å². The van der Waals surface area contributed by atoms with Gasteiger partial charge >= 0.3 is 0 Å². The van der Waals surface area contributed by atoms with Gasteiger partial charge in [-0.15, -0.1) is 6.58 Å². The third-order valence-electron chi connectivity index (χ3n) is 4.54. The summed E-state index contributed by atoms with van der Waals surface area (Å²) in [5.74, 6) is 0.292. The van der Waals surface area contributed by atoms with Crippen LogP contribution in [0, 0.1) is 11.8 Å². The lowest BCUT2D eigenvalue weighted by atomic mass is 9.91. The van der Waals surface area contributed by atoms with Gasteiger partial charge in [0, 0.05) is 30.0 Å². The molecule has 0 aromatic heterocycles. The molecule has 1 N–H and O–H groups in total. The predicted octanol–water partition coefficient (Wildman–Crippen LogP) is 3.40. The number of hydrogen-bond acceptors (Lipinski definition) is 4. The number of rotatable bonds is 8. The van der Waals surface area contributed by atoms with Crippen LogP contribution in [-0.2, 0) is 14.2 Å². The Morgan fingerprint density at radius 2 is 2.14 bits per heavy atom. The Labute approximate surface area is 141 Å². The predicted molar refractivity (Wildman–Crippen MR) is 89.8 cm³/mol. The minimum Gasteiger partial charge on any atom is -0.396 e. The molecule has 4 nitrogen and oxygen atoms in total. The van der Waals surface area contributed by atoms with Crippen molar-refractivity contribution in [1.29, 1.82) is 0 Å². The Morgan fingerprint density at radius 3 is 2.73 bits per heavy atom. The minimum atomic E-state index is -0.137. The van der Waals surface area contributed by atoms with E-state index in [0.717, 1.165) is 43.2 Å². The van der Waals surface area contributed by atoms with Crippen LogP contribution in [0.3, 0.4) is 0 Å². The zero-order valence-corrected chi connectivity index (χ0v) is 14.7. The monoisotopic (exact) mass is 374 g/mol. The normalized spacial score (nSPS) is 35.5. The van der Waals surface area contributed by atoms with E-state index in [4.69, 9.17) is 14.2 Å². The number of halogens is 1. The smallest absolute Gasteiger partial charge is 0.157 e. The molecule has 0 aromatic carbocycles. The fourth-order valence-electron chi connectivity index (χ4n) is 3.46. The first-order chi connectivity index (χ1) is 10.7. The van der Waals surface area contributed by atoms with Gasteiger partial charge in [-0.2, -0.15) is 0 Å². The highest BCUT2D eigenvalue weighted by Crippen LogP contribution is 2.40. The minimum absolute atomic E-state index is 0.0216. The third-order valence-corrected chi connectivity index (χ3v) is 4.77. The molecule has 22 heavy (non-hydrogen) atoms. The first kappa shape index (κ1) is 18.1. The van der Waals surface area contributed by atoms with E-state index in [0.29, 0.717) is 6.61 Å². The van der Waals surface area contributed by atoms with E-state index in [-0.39, 0.29) is 36.9 Å². The zero-order chi connectivity index (χ0) is 15.9. The van der Waals surface area contributed by atoms with Crippen LogP contribution in [0.2, 0.25) is 0 Å². The molecule has 0 bridgehead atoms. The van der Waals surface area contributed by atoms with Gasteiger partial charge in [0.05, 0.1) is 18.8 Å². The van der Waals surface area contributed by atoms with E-state index in [1.807, 2.05) is 6.08 Å². The average Bonchev–Trinajstić information content (AvgIpc) is 2.83. The first-order valence-electron chi connectivity index (χ1n) is 8.09. The molecule has 1 saturated heterocycles. The van der Waals surface area contributed by atoms with Crippen LogP contribution >= 0.6 is 15.9 Å². The summed E-state index contributed by atoms with van der Waals surface area (Å²) in [6.45, 7) is 8.99. The van der Waals surface area contributed by atoms with Crippen molar-refractivity contribution in [3.8, 4) is 0 Å². The molecular weight excluding hydrogens is 348 g/mol. The molecule has 2 fully saturated rings. The molecule has 5 heteroatoms. The molecule has 1 aliphatic carbocycles. The zero-order valence-electron chi connectivity index (χ0n) is 13.1. The SMILES string of the molecule is C=CC[C@@H]1[C@@H](CO)[C@H](OC2CCCCO2)C[C@@H]1OCC(=C)Br. The van der Waals surface area contributed by atoms with E-state index in [9.17, 15) is 5.11 Å². The summed E-state index contributed by atoms with van der Waals surface area (Å²) in [7, 11) is 0. The second-order valence-electron chi connectivity index (χ2n) is 6.11. The number of hydrogen-bond donors (Lipinski definition) is 1. The first-order valence-corrected chi connectivity index (χ1v) is 8.88. The van der Waals surface area contributed by atoms with Gasteiger partial charge in [-0.05, 0) is 31.6 Å². The van der Waals surface area contributed by atoms with Gasteiger partial charge < -0.3 is 19.3 Å². The molecule has 0 radical (unpaired) electrons. The van der Waals surface area contributed by atoms with E-state index in [1.165, 1.54) is 0 Å². The van der Waals surface area contributed by atoms with E-state index < -0.39 is 0 Å². The molecule has 0 amide bonds. The number of ether oxygens (including phenoxy) is 3. The highest BCUT2D eigenvalue weighted by Gasteiger charge is 2.44. The summed E-state index contributed by atoms with van der Waals surface area (Å²) in [5, 5.41) is 9.82. The van der Waals surface area contributed by atoms with Crippen LogP contribution in [0.4, 0.5) is 0 Å². The van der Waals surface area contributed by atoms with Crippen LogP contribution in [-0.4, -0.2) is 43.4 Å². The van der Waals surface area contributed by atoms with Gasteiger partial charge in [0.15, 0.2) is 6.29 Å². The van der Waals surface area contributed by atoms with E-state index in [2.05, 4.69) is 29.1 Å². The fourth-order valence-corrected chi connectivity index (χ4v) is 3.59. The van der Waals surface area contributed by atoms with Crippen LogP contribution in [0.15, 0.2) is 23.7 Å². The highest BCUT2D eigenvalue weighted by atomic mass is 79.9. The molecule has 5 atom stereocenters. The molecule has 2 rings (SSSR count). The summed E-state index contributed by atoms with van der Waals surface area (Å²) in [4.78, 5) is 0. The summed E-state index contributed by atoms with van der Waals surface area (Å²) < 4.78 is 18.6. The van der Waals surface area contributed by atoms with Crippen molar-refractivity contribution < 1.29 is 19.3 Å². The highest BCUT2D eigenvalue weighted by molar-refractivity contribution is 9.11. The third kappa shape index (κ3) is 4.90. The van der Waals surface area contributed by atoms with Crippen molar-refractivity contribution >= 4 is 15.9 Å².